The normalized spacial score (nSPS) is 11.1. The Kier molecular flexibility index (Phi) is 4.91. The third kappa shape index (κ3) is 4.01. The Hall–Kier alpha value is -3.08. The molecule has 0 bridgehead atoms. The van der Waals surface area contributed by atoms with Crippen molar-refractivity contribution in [2.24, 2.45) is 5.10 Å². The summed E-state index contributed by atoms with van der Waals surface area (Å²) in [5.74, 6) is 0.890. The SMILES string of the molecule is CC(C)c1ccc(C=NNc2nncc(-c3ccccc3)n2)cc1. The summed E-state index contributed by atoms with van der Waals surface area (Å²) in [5, 5.41) is 12.1. The van der Waals surface area contributed by atoms with E-state index in [4.69, 9.17) is 0 Å². The van der Waals surface area contributed by atoms with Crippen molar-refractivity contribution in [2.75, 3.05) is 5.43 Å². The fraction of sp³-hybridized carbons (Fsp3) is 0.158. The molecular formula is C19H19N5. The maximum atomic E-state index is 4.41. The second-order valence-corrected chi connectivity index (χ2v) is 5.72. The highest BCUT2D eigenvalue weighted by atomic mass is 15.4. The van der Waals surface area contributed by atoms with Gasteiger partial charge >= 0.3 is 0 Å². The Morgan fingerprint density at radius 3 is 2.46 bits per heavy atom. The smallest absolute Gasteiger partial charge is 0.244 e. The summed E-state index contributed by atoms with van der Waals surface area (Å²) >= 11 is 0. The van der Waals surface area contributed by atoms with E-state index in [1.165, 1.54) is 5.56 Å². The van der Waals surface area contributed by atoms with Gasteiger partial charge in [-0.25, -0.2) is 10.4 Å². The Morgan fingerprint density at radius 2 is 1.75 bits per heavy atom. The van der Waals surface area contributed by atoms with Gasteiger partial charge in [0.15, 0.2) is 0 Å². The molecule has 0 aliphatic rings. The molecule has 0 radical (unpaired) electrons. The second-order valence-electron chi connectivity index (χ2n) is 5.72. The van der Waals surface area contributed by atoms with Crippen molar-refractivity contribution in [1.82, 2.24) is 15.2 Å². The summed E-state index contributed by atoms with van der Waals surface area (Å²) in [5.41, 5.74) is 6.89. The van der Waals surface area contributed by atoms with Gasteiger partial charge in [0.1, 0.15) is 0 Å². The van der Waals surface area contributed by atoms with Crippen LogP contribution in [0.25, 0.3) is 11.3 Å². The van der Waals surface area contributed by atoms with Crippen molar-refractivity contribution < 1.29 is 0 Å². The van der Waals surface area contributed by atoms with Gasteiger partial charge < -0.3 is 0 Å². The van der Waals surface area contributed by atoms with Crippen molar-refractivity contribution in [1.29, 1.82) is 0 Å². The standard InChI is InChI=1S/C19H19N5/c1-14(2)16-10-8-15(9-11-16)12-20-23-19-22-18(13-21-24-19)17-6-4-3-5-7-17/h3-14H,1-2H3,(H,22,23,24). The predicted octanol–water partition coefficient (Wildman–Crippen LogP) is 4.11. The van der Waals surface area contributed by atoms with Gasteiger partial charge in [0.2, 0.25) is 0 Å². The predicted molar refractivity (Wildman–Crippen MR) is 97.0 cm³/mol. The lowest BCUT2D eigenvalue weighted by Gasteiger charge is -2.04. The van der Waals surface area contributed by atoms with E-state index in [9.17, 15) is 0 Å². The molecule has 0 saturated carbocycles. The van der Waals surface area contributed by atoms with Crippen LogP contribution in [0.15, 0.2) is 65.9 Å². The van der Waals surface area contributed by atoms with Gasteiger partial charge in [-0.05, 0) is 17.0 Å². The highest BCUT2D eigenvalue weighted by molar-refractivity contribution is 5.80. The Morgan fingerprint density at radius 1 is 1.00 bits per heavy atom. The molecule has 120 valence electrons. The molecule has 24 heavy (non-hydrogen) atoms. The van der Waals surface area contributed by atoms with Crippen LogP contribution in [0.1, 0.15) is 30.9 Å². The van der Waals surface area contributed by atoms with E-state index in [0.717, 1.165) is 16.8 Å². The number of nitrogens with zero attached hydrogens (tertiary/aromatic N) is 4. The second kappa shape index (κ2) is 7.46. The first-order valence-corrected chi connectivity index (χ1v) is 7.86. The molecule has 0 unspecified atom stereocenters. The first-order chi connectivity index (χ1) is 11.7. The number of rotatable bonds is 5. The van der Waals surface area contributed by atoms with Gasteiger partial charge in [-0.15, -0.1) is 5.10 Å². The van der Waals surface area contributed by atoms with E-state index in [1.54, 1.807) is 12.4 Å². The van der Waals surface area contributed by atoms with E-state index in [2.05, 4.69) is 51.7 Å². The lowest BCUT2D eigenvalue weighted by Crippen LogP contribution is -2.00. The highest BCUT2D eigenvalue weighted by Crippen LogP contribution is 2.16. The monoisotopic (exact) mass is 317 g/mol. The summed E-state index contributed by atoms with van der Waals surface area (Å²) in [6, 6.07) is 18.2. The zero-order valence-electron chi connectivity index (χ0n) is 13.7. The Labute approximate surface area is 141 Å². The quantitative estimate of drug-likeness (QED) is 0.568. The van der Waals surface area contributed by atoms with Crippen LogP contribution >= 0.6 is 0 Å². The van der Waals surface area contributed by atoms with Crippen LogP contribution in [0, 0.1) is 0 Å². The van der Waals surface area contributed by atoms with Gasteiger partial charge in [0, 0.05) is 5.56 Å². The number of hydrazone groups is 1. The van der Waals surface area contributed by atoms with Gasteiger partial charge in [-0.2, -0.15) is 10.2 Å². The molecule has 0 fully saturated rings. The Balaban J connectivity index is 1.68. The van der Waals surface area contributed by atoms with E-state index < -0.39 is 0 Å². The Bertz CT molecular complexity index is 811. The molecule has 0 aliphatic carbocycles. The molecule has 0 aliphatic heterocycles. The first-order valence-electron chi connectivity index (χ1n) is 7.86. The zero-order valence-corrected chi connectivity index (χ0v) is 13.7. The summed E-state index contributed by atoms with van der Waals surface area (Å²) < 4.78 is 0. The molecule has 5 heteroatoms. The van der Waals surface area contributed by atoms with Gasteiger partial charge in [-0.3, -0.25) is 0 Å². The van der Waals surface area contributed by atoms with Crippen molar-refractivity contribution in [3.8, 4) is 11.3 Å². The first kappa shape index (κ1) is 15.8. The summed E-state index contributed by atoms with van der Waals surface area (Å²) in [6.45, 7) is 4.35. The number of nitrogens with one attached hydrogen (secondary N) is 1. The molecule has 0 spiro atoms. The number of anilines is 1. The minimum absolute atomic E-state index is 0.367. The van der Waals surface area contributed by atoms with Gasteiger partial charge in [0.25, 0.3) is 5.95 Å². The number of hydrogen-bond acceptors (Lipinski definition) is 5. The summed E-state index contributed by atoms with van der Waals surface area (Å²) in [6.07, 6.45) is 3.37. The maximum absolute atomic E-state index is 4.41. The fourth-order valence-electron chi connectivity index (χ4n) is 2.23. The van der Waals surface area contributed by atoms with Crippen molar-refractivity contribution in [3.05, 3.63) is 71.9 Å². The number of aromatic nitrogens is 3. The maximum Gasteiger partial charge on any atom is 0.263 e. The van der Waals surface area contributed by atoms with Crippen molar-refractivity contribution in [3.63, 3.8) is 0 Å². The average Bonchev–Trinajstić information content (AvgIpc) is 2.63. The molecule has 2 aromatic carbocycles. The molecule has 1 aromatic heterocycles. The van der Waals surface area contributed by atoms with Crippen LogP contribution in [-0.4, -0.2) is 21.4 Å². The number of hydrogen-bond donors (Lipinski definition) is 1. The van der Waals surface area contributed by atoms with E-state index in [0.29, 0.717) is 11.9 Å². The summed E-state index contributed by atoms with van der Waals surface area (Å²) in [7, 11) is 0. The zero-order chi connectivity index (χ0) is 16.8. The van der Waals surface area contributed by atoms with Crippen LogP contribution in [-0.2, 0) is 0 Å². The number of benzene rings is 2. The third-order valence-electron chi connectivity index (χ3n) is 3.61. The lowest BCUT2D eigenvalue weighted by molar-refractivity contribution is 0.866. The molecule has 3 aromatic rings. The molecule has 5 nitrogen and oxygen atoms in total. The minimum atomic E-state index is 0.367. The largest absolute Gasteiger partial charge is 0.263 e. The van der Waals surface area contributed by atoms with Crippen LogP contribution in [0.2, 0.25) is 0 Å². The van der Waals surface area contributed by atoms with Gasteiger partial charge in [-0.1, -0.05) is 68.4 Å². The van der Waals surface area contributed by atoms with Crippen LogP contribution in [0.5, 0.6) is 0 Å². The lowest BCUT2D eigenvalue weighted by atomic mass is 10.0. The molecule has 3 rings (SSSR count). The third-order valence-corrected chi connectivity index (χ3v) is 3.61. The highest BCUT2D eigenvalue weighted by Gasteiger charge is 2.02. The minimum Gasteiger partial charge on any atom is -0.244 e. The topological polar surface area (TPSA) is 63.1 Å². The fourth-order valence-corrected chi connectivity index (χ4v) is 2.23. The molecule has 0 amide bonds. The van der Waals surface area contributed by atoms with E-state index >= 15 is 0 Å². The molecule has 1 N–H and O–H groups in total. The molecule has 1 heterocycles. The van der Waals surface area contributed by atoms with Gasteiger partial charge in [0.05, 0.1) is 18.1 Å². The average molecular weight is 317 g/mol. The molecule has 0 atom stereocenters. The van der Waals surface area contributed by atoms with E-state index in [-0.39, 0.29) is 0 Å². The van der Waals surface area contributed by atoms with Crippen molar-refractivity contribution >= 4 is 12.2 Å². The van der Waals surface area contributed by atoms with E-state index in [1.807, 2.05) is 42.5 Å². The van der Waals surface area contributed by atoms with Crippen LogP contribution in [0.3, 0.4) is 0 Å². The summed E-state index contributed by atoms with van der Waals surface area (Å²) in [4.78, 5) is 4.41. The molecular weight excluding hydrogens is 298 g/mol. The molecule has 0 saturated heterocycles. The van der Waals surface area contributed by atoms with Crippen LogP contribution < -0.4 is 5.43 Å². The van der Waals surface area contributed by atoms with Crippen LogP contribution in [0.4, 0.5) is 5.95 Å². The van der Waals surface area contributed by atoms with Crippen molar-refractivity contribution in [2.45, 2.75) is 19.8 Å².